The van der Waals surface area contributed by atoms with Gasteiger partial charge in [0, 0.05) is 0 Å². The summed E-state index contributed by atoms with van der Waals surface area (Å²) in [6.45, 7) is 3.99. The molecule has 0 saturated carbocycles. The third-order valence-electron chi connectivity index (χ3n) is 3.71. The number of benzene rings is 2. The zero-order chi connectivity index (χ0) is 18.2. The van der Waals surface area contributed by atoms with Crippen LogP contribution in [-0.4, -0.2) is 18.4 Å². The van der Waals surface area contributed by atoms with Gasteiger partial charge in [-0.25, -0.2) is 0 Å². The van der Waals surface area contributed by atoms with Crippen LogP contribution in [0.2, 0.25) is 0 Å². The lowest BCUT2D eigenvalue weighted by molar-refractivity contribution is 0.485. The van der Waals surface area contributed by atoms with Crippen molar-refractivity contribution >= 4 is 21.2 Å². The number of aromatic amines is 2. The molecule has 0 saturated heterocycles. The van der Waals surface area contributed by atoms with Crippen LogP contribution in [0.25, 0.3) is 11.0 Å². The van der Waals surface area contributed by atoms with E-state index in [0.717, 1.165) is 5.56 Å². The Labute approximate surface area is 143 Å². The average Bonchev–Trinajstić information content (AvgIpc) is 2.55. The molecular weight excluding hydrogens is 344 g/mol. The molecule has 0 spiro atoms. The van der Waals surface area contributed by atoms with E-state index in [1.807, 2.05) is 19.9 Å². The first-order valence-electron chi connectivity index (χ1n) is 7.57. The van der Waals surface area contributed by atoms with Crippen LogP contribution in [0.4, 0.5) is 0 Å². The second-order valence-electron chi connectivity index (χ2n) is 5.88. The quantitative estimate of drug-likeness (QED) is 0.547. The number of hydrogen-bond donors (Lipinski definition) is 2. The summed E-state index contributed by atoms with van der Waals surface area (Å²) in [6, 6.07) is 10.8. The molecular formula is C17H16N2O5S. The number of H-pyrrole nitrogens is 2. The first-order chi connectivity index (χ1) is 11.8. The summed E-state index contributed by atoms with van der Waals surface area (Å²) >= 11 is 0. The van der Waals surface area contributed by atoms with Gasteiger partial charge in [-0.15, -0.1) is 0 Å². The Morgan fingerprint density at radius 3 is 2.28 bits per heavy atom. The van der Waals surface area contributed by atoms with E-state index in [1.54, 1.807) is 18.2 Å². The summed E-state index contributed by atoms with van der Waals surface area (Å²) in [5.74, 6) is 0.440. The van der Waals surface area contributed by atoms with Crippen LogP contribution < -0.4 is 15.3 Å². The number of nitrogens with one attached hydrogen (secondary N) is 2. The first kappa shape index (κ1) is 17.0. The number of rotatable bonds is 4. The van der Waals surface area contributed by atoms with Gasteiger partial charge in [0.05, 0.1) is 11.0 Å². The smallest absolute Gasteiger partial charge is 0.339 e. The fraction of sp³-hybridized carbons (Fsp3) is 0.176. The van der Waals surface area contributed by atoms with Gasteiger partial charge in [0.2, 0.25) is 0 Å². The standard InChI is InChI=1S/C17H16N2O5S/c1-10(2)11-4-3-5-12(8-11)24-25(22,23)13-6-7-14-15(9-13)19-17(21)16(20)18-14/h3-10H,1-2H3,(H,18,20)(H,19,21). The van der Waals surface area contributed by atoms with Gasteiger partial charge in [-0.1, -0.05) is 26.0 Å². The molecule has 1 heterocycles. The first-order valence-corrected chi connectivity index (χ1v) is 8.98. The summed E-state index contributed by atoms with van der Waals surface area (Å²) < 4.78 is 30.2. The van der Waals surface area contributed by atoms with E-state index in [1.165, 1.54) is 18.2 Å². The highest BCUT2D eigenvalue weighted by atomic mass is 32.2. The summed E-state index contributed by atoms with van der Waals surface area (Å²) in [5, 5.41) is 0. The molecule has 2 N–H and O–H groups in total. The van der Waals surface area contributed by atoms with Crippen LogP contribution in [-0.2, 0) is 10.1 Å². The molecule has 1 aromatic heterocycles. The summed E-state index contributed by atoms with van der Waals surface area (Å²) in [5.41, 5.74) is -0.180. The Bertz CT molecular complexity index is 1160. The molecule has 25 heavy (non-hydrogen) atoms. The van der Waals surface area contributed by atoms with Crippen LogP contribution in [0, 0.1) is 0 Å². The van der Waals surface area contributed by atoms with E-state index >= 15 is 0 Å². The highest BCUT2D eigenvalue weighted by molar-refractivity contribution is 7.87. The maximum atomic E-state index is 12.5. The van der Waals surface area contributed by atoms with Crippen molar-refractivity contribution in [1.82, 2.24) is 9.97 Å². The van der Waals surface area contributed by atoms with Crippen molar-refractivity contribution in [2.75, 3.05) is 0 Å². The van der Waals surface area contributed by atoms with E-state index in [9.17, 15) is 18.0 Å². The molecule has 8 heteroatoms. The van der Waals surface area contributed by atoms with Crippen molar-refractivity contribution in [2.45, 2.75) is 24.7 Å². The van der Waals surface area contributed by atoms with E-state index in [-0.39, 0.29) is 22.1 Å². The predicted molar refractivity (Wildman–Crippen MR) is 93.5 cm³/mol. The van der Waals surface area contributed by atoms with Gasteiger partial charge < -0.3 is 14.2 Å². The largest absolute Gasteiger partial charge is 0.379 e. The van der Waals surface area contributed by atoms with Crippen molar-refractivity contribution in [1.29, 1.82) is 0 Å². The minimum Gasteiger partial charge on any atom is -0.379 e. The van der Waals surface area contributed by atoms with Crippen LogP contribution in [0.1, 0.15) is 25.3 Å². The third kappa shape index (κ3) is 3.48. The topological polar surface area (TPSA) is 109 Å². The molecule has 2 aromatic carbocycles. The molecule has 0 unspecified atom stereocenters. The van der Waals surface area contributed by atoms with Crippen LogP contribution in [0.3, 0.4) is 0 Å². The monoisotopic (exact) mass is 360 g/mol. The van der Waals surface area contributed by atoms with Crippen LogP contribution in [0.15, 0.2) is 56.9 Å². The SMILES string of the molecule is CC(C)c1cccc(OS(=O)(=O)c2ccc3[nH]c(=O)c(=O)[nH]c3c2)c1. The van der Waals surface area contributed by atoms with Crippen LogP contribution in [0.5, 0.6) is 5.75 Å². The Hall–Kier alpha value is -2.87. The molecule has 0 aliphatic carbocycles. The molecule has 3 rings (SSSR count). The lowest BCUT2D eigenvalue weighted by atomic mass is 10.0. The van der Waals surface area contributed by atoms with Gasteiger partial charge in [0.15, 0.2) is 0 Å². The van der Waals surface area contributed by atoms with Crippen molar-refractivity contribution in [2.24, 2.45) is 0 Å². The van der Waals surface area contributed by atoms with E-state index in [4.69, 9.17) is 4.18 Å². The Balaban J connectivity index is 2.01. The summed E-state index contributed by atoms with van der Waals surface area (Å²) in [6.07, 6.45) is 0. The maximum Gasteiger partial charge on any atom is 0.339 e. The lowest BCUT2D eigenvalue weighted by Crippen LogP contribution is -2.29. The Morgan fingerprint density at radius 1 is 0.920 bits per heavy atom. The highest BCUT2D eigenvalue weighted by Crippen LogP contribution is 2.24. The number of aromatic nitrogens is 2. The van der Waals surface area contributed by atoms with Gasteiger partial charge in [-0.2, -0.15) is 8.42 Å². The molecule has 0 atom stereocenters. The van der Waals surface area contributed by atoms with E-state index in [0.29, 0.717) is 5.52 Å². The lowest BCUT2D eigenvalue weighted by Gasteiger charge is -2.10. The molecule has 0 fully saturated rings. The second kappa shape index (κ2) is 6.21. The molecule has 3 aromatic rings. The van der Waals surface area contributed by atoms with Crippen molar-refractivity contribution in [3.8, 4) is 5.75 Å². The average molecular weight is 360 g/mol. The van der Waals surface area contributed by atoms with Gasteiger partial charge >= 0.3 is 21.2 Å². The van der Waals surface area contributed by atoms with E-state index in [2.05, 4.69) is 9.97 Å². The summed E-state index contributed by atoms with van der Waals surface area (Å²) in [7, 11) is -4.08. The Kier molecular flexibility index (Phi) is 4.22. The highest BCUT2D eigenvalue weighted by Gasteiger charge is 2.18. The predicted octanol–water partition coefficient (Wildman–Crippen LogP) is 2.11. The Morgan fingerprint density at radius 2 is 1.60 bits per heavy atom. The zero-order valence-electron chi connectivity index (χ0n) is 13.6. The normalized spacial score (nSPS) is 11.8. The number of fused-ring (bicyclic) bond motifs is 1. The van der Waals surface area contributed by atoms with Gasteiger partial charge in [0.25, 0.3) is 0 Å². The molecule has 0 aliphatic heterocycles. The zero-order valence-corrected chi connectivity index (χ0v) is 14.4. The molecule has 7 nitrogen and oxygen atoms in total. The third-order valence-corrected chi connectivity index (χ3v) is 4.96. The van der Waals surface area contributed by atoms with Gasteiger partial charge in [-0.05, 0) is 41.8 Å². The minimum absolute atomic E-state index is 0.127. The molecule has 130 valence electrons. The van der Waals surface area contributed by atoms with E-state index < -0.39 is 21.2 Å². The molecule has 0 aliphatic rings. The van der Waals surface area contributed by atoms with Crippen LogP contribution >= 0.6 is 0 Å². The molecule has 0 amide bonds. The van der Waals surface area contributed by atoms with Crippen molar-refractivity contribution in [3.05, 3.63) is 68.7 Å². The fourth-order valence-electron chi connectivity index (χ4n) is 2.35. The minimum atomic E-state index is -4.08. The maximum absolute atomic E-state index is 12.5. The molecule has 0 radical (unpaired) electrons. The van der Waals surface area contributed by atoms with Gasteiger partial charge in [-0.3, -0.25) is 9.59 Å². The number of hydrogen-bond acceptors (Lipinski definition) is 5. The molecule has 0 bridgehead atoms. The second-order valence-corrected chi connectivity index (χ2v) is 7.43. The van der Waals surface area contributed by atoms with Crippen molar-refractivity contribution in [3.63, 3.8) is 0 Å². The van der Waals surface area contributed by atoms with Crippen molar-refractivity contribution < 1.29 is 12.6 Å². The summed E-state index contributed by atoms with van der Waals surface area (Å²) in [4.78, 5) is 27.3. The van der Waals surface area contributed by atoms with Gasteiger partial charge in [0.1, 0.15) is 10.6 Å². The fourth-order valence-corrected chi connectivity index (χ4v) is 3.30.